The number of nitrogens with one attached hydrogen (secondary N) is 1. The Hall–Kier alpha value is -1.30. The average molecular weight is 399 g/mol. The van der Waals surface area contributed by atoms with E-state index in [0.29, 0.717) is 22.2 Å². The molecule has 22 heavy (non-hydrogen) atoms. The molecule has 112 valence electrons. The Kier molecular flexibility index (Phi) is 4.57. The molecular formula is C16H10BrClFNOS. The fourth-order valence-corrected chi connectivity index (χ4v) is 3.31. The van der Waals surface area contributed by atoms with Crippen LogP contribution in [0.3, 0.4) is 0 Å². The van der Waals surface area contributed by atoms with Crippen LogP contribution in [0.15, 0.2) is 52.0 Å². The molecule has 6 heteroatoms. The minimum Gasteiger partial charge on any atom is -0.360 e. The topological polar surface area (TPSA) is 32.9 Å². The summed E-state index contributed by atoms with van der Waals surface area (Å²) in [6, 6.07) is 10.5. The molecule has 3 aromatic rings. The molecular weight excluding hydrogens is 389 g/mol. The summed E-state index contributed by atoms with van der Waals surface area (Å²) >= 11 is 10.6. The quantitative estimate of drug-likeness (QED) is 0.452. The maximum absolute atomic E-state index is 13.6. The summed E-state index contributed by atoms with van der Waals surface area (Å²) in [6.45, 7) is 0. The Labute approximate surface area is 144 Å². The summed E-state index contributed by atoms with van der Waals surface area (Å²) in [7, 11) is 0. The standard InChI is InChI=1S/C16H10BrClFNOS/c17-9-1-3-10(4-2-9)22-8-16(21)12-7-20-15-6-13(18)14(19)5-11(12)15/h1-7,20H,8H2. The maximum Gasteiger partial charge on any atom is 0.175 e. The normalized spacial score (nSPS) is 11.0. The van der Waals surface area contributed by atoms with Crippen LogP contribution in [-0.2, 0) is 0 Å². The number of aromatic amines is 1. The van der Waals surface area contributed by atoms with E-state index in [2.05, 4.69) is 20.9 Å². The van der Waals surface area contributed by atoms with Crippen LogP contribution in [0.1, 0.15) is 10.4 Å². The van der Waals surface area contributed by atoms with E-state index >= 15 is 0 Å². The monoisotopic (exact) mass is 397 g/mol. The van der Waals surface area contributed by atoms with Gasteiger partial charge in [-0.25, -0.2) is 4.39 Å². The van der Waals surface area contributed by atoms with Crippen molar-refractivity contribution >= 4 is 56.0 Å². The Balaban J connectivity index is 1.80. The molecule has 1 heterocycles. The van der Waals surface area contributed by atoms with Crippen molar-refractivity contribution in [3.05, 3.63) is 63.5 Å². The fourth-order valence-electron chi connectivity index (χ4n) is 2.10. The number of fused-ring (bicyclic) bond motifs is 1. The smallest absolute Gasteiger partial charge is 0.175 e. The molecule has 3 rings (SSSR count). The summed E-state index contributed by atoms with van der Waals surface area (Å²) in [6.07, 6.45) is 1.60. The Morgan fingerprint density at radius 2 is 2.00 bits per heavy atom. The van der Waals surface area contributed by atoms with E-state index in [1.54, 1.807) is 6.20 Å². The van der Waals surface area contributed by atoms with E-state index in [0.717, 1.165) is 9.37 Å². The van der Waals surface area contributed by atoms with Crippen LogP contribution < -0.4 is 0 Å². The number of Topliss-reactive ketones (excluding diaryl/α,β-unsaturated/α-hetero) is 1. The zero-order chi connectivity index (χ0) is 15.7. The van der Waals surface area contributed by atoms with E-state index in [9.17, 15) is 9.18 Å². The highest BCUT2D eigenvalue weighted by molar-refractivity contribution is 9.10. The molecule has 0 saturated heterocycles. The summed E-state index contributed by atoms with van der Waals surface area (Å²) < 4.78 is 14.6. The number of carbonyl (C=O) groups excluding carboxylic acids is 1. The molecule has 2 nitrogen and oxygen atoms in total. The van der Waals surface area contributed by atoms with Crippen LogP contribution in [-0.4, -0.2) is 16.5 Å². The lowest BCUT2D eigenvalue weighted by atomic mass is 10.1. The molecule has 0 aliphatic rings. The van der Waals surface area contributed by atoms with E-state index in [4.69, 9.17) is 11.6 Å². The van der Waals surface area contributed by atoms with Gasteiger partial charge in [0.1, 0.15) is 5.82 Å². The summed E-state index contributed by atoms with van der Waals surface area (Å²) in [5.41, 5.74) is 1.14. The Morgan fingerprint density at radius 3 is 2.73 bits per heavy atom. The number of carbonyl (C=O) groups is 1. The minimum atomic E-state index is -0.525. The first-order chi connectivity index (χ1) is 10.5. The molecule has 0 amide bonds. The van der Waals surface area contributed by atoms with Gasteiger partial charge < -0.3 is 4.98 Å². The van der Waals surface area contributed by atoms with E-state index in [1.165, 1.54) is 23.9 Å². The zero-order valence-electron chi connectivity index (χ0n) is 11.2. The third-order valence-electron chi connectivity index (χ3n) is 3.21. The van der Waals surface area contributed by atoms with Gasteiger partial charge in [-0.05, 0) is 36.4 Å². The Bertz CT molecular complexity index is 847. The first-order valence-electron chi connectivity index (χ1n) is 6.42. The molecule has 1 N–H and O–H groups in total. The van der Waals surface area contributed by atoms with E-state index in [-0.39, 0.29) is 10.8 Å². The SMILES string of the molecule is O=C(CSc1ccc(Br)cc1)c1c[nH]c2cc(Cl)c(F)cc12. The molecule has 0 saturated carbocycles. The maximum atomic E-state index is 13.6. The van der Waals surface area contributed by atoms with Crippen LogP contribution in [0.25, 0.3) is 10.9 Å². The minimum absolute atomic E-state index is 0.0394. The van der Waals surface area contributed by atoms with Gasteiger partial charge in [0.05, 0.1) is 10.8 Å². The van der Waals surface area contributed by atoms with Gasteiger partial charge in [0.25, 0.3) is 0 Å². The number of hydrogen-bond donors (Lipinski definition) is 1. The lowest BCUT2D eigenvalue weighted by Crippen LogP contribution is -2.01. The molecule has 0 spiro atoms. The number of benzene rings is 2. The lowest BCUT2D eigenvalue weighted by molar-refractivity contribution is 0.102. The summed E-state index contributed by atoms with van der Waals surface area (Å²) in [5.74, 6) is -0.289. The van der Waals surface area contributed by atoms with Gasteiger partial charge in [-0.3, -0.25) is 4.79 Å². The molecule has 0 radical (unpaired) electrons. The van der Waals surface area contributed by atoms with Crippen molar-refractivity contribution in [1.82, 2.24) is 4.98 Å². The molecule has 0 aliphatic carbocycles. The average Bonchev–Trinajstić information content (AvgIpc) is 2.90. The fraction of sp³-hybridized carbons (Fsp3) is 0.0625. The second-order valence-corrected chi connectivity index (χ2v) is 7.05. The van der Waals surface area contributed by atoms with Crippen molar-refractivity contribution in [2.45, 2.75) is 4.90 Å². The summed E-state index contributed by atoms with van der Waals surface area (Å²) in [5, 5.41) is 0.598. The second-order valence-electron chi connectivity index (χ2n) is 4.68. The largest absolute Gasteiger partial charge is 0.360 e. The van der Waals surface area contributed by atoms with Gasteiger partial charge in [0, 0.05) is 32.0 Å². The van der Waals surface area contributed by atoms with Crippen molar-refractivity contribution in [3.8, 4) is 0 Å². The van der Waals surface area contributed by atoms with Crippen LogP contribution in [0, 0.1) is 5.82 Å². The highest BCUT2D eigenvalue weighted by Crippen LogP contribution is 2.27. The van der Waals surface area contributed by atoms with Crippen molar-refractivity contribution in [1.29, 1.82) is 0 Å². The van der Waals surface area contributed by atoms with E-state index in [1.807, 2.05) is 24.3 Å². The van der Waals surface area contributed by atoms with Crippen LogP contribution in [0.4, 0.5) is 4.39 Å². The van der Waals surface area contributed by atoms with Crippen molar-refractivity contribution in [3.63, 3.8) is 0 Å². The number of rotatable bonds is 4. The number of H-pyrrole nitrogens is 1. The molecule has 1 aromatic heterocycles. The number of thioether (sulfide) groups is 1. The summed E-state index contributed by atoms with van der Waals surface area (Å²) in [4.78, 5) is 16.3. The molecule has 0 bridgehead atoms. The van der Waals surface area contributed by atoms with Crippen LogP contribution in [0.2, 0.25) is 5.02 Å². The second kappa shape index (κ2) is 6.44. The van der Waals surface area contributed by atoms with Gasteiger partial charge in [-0.1, -0.05) is 27.5 Å². The third-order valence-corrected chi connectivity index (χ3v) is 5.04. The molecule has 0 atom stereocenters. The van der Waals surface area contributed by atoms with Gasteiger partial charge in [0.2, 0.25) is 0 Å². The van der Waals surface area contributed by atoms with Gasteiger partial charge in [-0.15, -0.1) is 11.8 Å². The first kappa shape index (κ1) is 15.6. The zero-order valence-corrected chi connectivity index (χ0v) is 14.4. The number of aromatic nitrogens is 1. The highest BCUT2D eigenvalue weighted by Gasteiger charge is 2.14. The first-order valence-corrected chi connectivity index (χ1v) is 8.58. The number of hydrogen-bond acceptors (Lipinski definition) is 2. The van der Waals surface area contributed by atoms with Crippen molar-refractivity contribution in [2.24, 2.45) is 0 Å². The molecule has 0 aliphatic heterocycles. The van der Waals surface area contributed by atoms with E-state index < -0.39 is 5.82 Å². The van der Waals surface area contributed by atoms with Crippen molar-refractivity contribution < 1.29 is 9.18 Å². The Morgan fingerprint density at radius 1 is 1.27 bits per heavy atom. The third kappa shape index (κ3) is 3.21. The predicted octanol–water partition coefficient (Wildman–Crippen LogP) is 5.70. The number of halogens is 3. The lowest BCUT2D eigenvalue weighted by Gasteiger charge is -2.02. The van der Waals surface area contributed by atoms with Crippen LogP contribution in [0.5, 0.6) is 0 Å². The highest BCUT2D eigenvalue weighted by atomic mass is 79.9. The van der Waals surface area contributed by atoms with Gasteiger partial charge in [0.15, 0.2) is 5.78 Å². The van der Waals surface area contributed by atoms with Gasteiger partial charge >= 0.3 is 0 Å². The predicted molar refractivity (Wildman–Crippen MR) is 92.5 cm³/mol. The molecule has 0 unspecified atom stereocenters. The molecule has 2 aromatic carbocycles. The van der Waals surface area contributed by atoms with Gasteiger partial charge in [-0.2, -0.15) is 0 Å². The van der Waals surface area contributed by atoms with Crippen molar-refractivity contribution in [2.75, 3.05) is 5.75 Å². The molecule has 0 fully saturated rings. The van der Waals surface area contributed by atoms with Crippen LogP contribution >= 0.6 is 39.3 Å². The number of ketones is 1.